The van der Waals surface area contributed by atoms with Gasteiger partial charge in [0.1, 0.15) is 11.3 Å². The van der Waals surface area contributed by atoms with E-state index in [0.29, 0.717) is 6.07 Å². The Morgan fingerprint density at radius 2 is 1.72 bits per heavy atom. The van der Waals surface area contributed by atoms with Crippen LogP contribution in [0.15, 0.2) is 45.6 Å². The van der Waals surface area contributed by atoms with E-state index in [1.807, 2.05) is 0 Å². The van der Waals surface area contributed by atoms with Crippen LogP contribution >= 0.6 is 34.8 Å². The summed E-state index contributed by atoms with van der Waals surface area (Å²) in [6.07, 6.45) is -4.73. The third-order valence-electron chi connectivity index (χ3n) is 3.66. The van der Waals surface area contributed by atoms with Crippen molar-refractivity contribution in [2.24, 2.45) is 0 Å². The lowest BCUT2D eigenvalue weighted by molar-refractivity contribution is -0.136. The Hall–Kier alpha value is -2.42. The minimum Gasteiger partial charge on any atom is -0.484 e. The van der Waals surface area contributed by atoms with E-state index in [-0.39, 0.29) is 37.5 Å². The molecule has 0 fully saturated rings. The first-order chi connectivity index (χ1) is 13.5. The largest absolute Gasteiger partial charge is 0.484 e. The topological polar surface area (TPSA) is 68.5 Å². The maximum Gasteiger partial charge on any atom is 0.417 e. The number of alkyl halides is 3. The maximum absolute atomic E-state index is 13.1. The van der Waals surface area contributed by atoms with Crippen LogP contribution in [0.25, 0.3) is 11.0 Å². The fourth-order valence-corrected chi connectivity index (χ4v) is 3.36. The molecular formula is C18H9Cl3F3NO4. The van der Waals surface area contributed by atoms with E-state index >= 15 is 0 Å². The van der Waals surface area contributed by atoms with Crippen LogP contribution in [0.3, 0.4) is 0 Å². The number of anilines is 1. The monoisotopic (exact) mass is 465 g/mol. The molecule has 29 heavy (non-hydrogen) atoms. The lowest BCUT2D eigenvalue weighted by Crippen LogP contribution is -2.20. The number of carbonyl (C=O) groups is 1. The number of benzene rings is 2. The molecule has 3 rings (SSSR count). The summed E-state index contributed by atoms with van der Waals surface area (Å²) < 4.78 is 49.2. The van der Waals surface area contributed by atoms with Gasteiger partial charge in [-0.2, -0.15) is 13.2 Å². The maximum atomic E-state index is 13.1. The Kier molecular flexibility index (Phi) is 5.97. The molecule has 1 heterocycles. The molecular weight excluding hydrogens is 458 g/mol. The van der Waals surface area contributed by atoms with Crippen molar-refractivity contribution in [3.63, 3.8) is 0 Å². The van der Waals surface area contributed by atoms with Crippen LogP contribution in [-0.2, 0) is 11.0 Å². The number of fused-ring (bicyclic) bond motifs is 1. The molecule has 0 aliphatic carbocycles. The third kappa shape index (κ3) is 4.95. The van der Waals surface area contributed by atoms with Crippen LogP contribution in [0.5, 0.6) is 5.75 Å². The third-order valence-corrected chi connectivity index (χ3v) is 4.48. The molecule has 1 amide bonds. The molecule has 0 aliphatic rings. The minimum absolute atomic E-state index is 0.0171. The summed E-state index contributed by atoms with van der Waals surface area (Å²) in [6.45, 7) is -0.510. The molecule has 0 atom stereocenters. The standard InChI is InChI=1S/C18H9Cl3F3NO4/c19-8-3-12(20)17(13(21)4-8)25-15(26)7-28-9-1-2-10-11(18(22,23)24)6-16(27)29-14(10)5-9/h1-6H,7H2,(H,25,26). The summed E-state index contributed by atoms with van der Waals surface area (Å²) in [4.78, 5) is 23.5. The van der Waals surface area contributed by atoms with Crippen LogP contribution < -0.4 is 15.7 Å². The van der Waals surface area contributed by atoms with Crippen LogP contribution in [-0.4, -0.2) is 12.5 Å². The van der Waals surface area contributed by atoms with Crippen molar-refractivity contribution in [3.05, 3.63) is 67.4 Å². The Morgan fingerprint density at radius 1 is 1.07 bits per heavy atom. The van der Waals surface area contributed by atoms with E-state index in [0.717, 1.165) is 12.1 Å². The van der Waals surface area contributed by atoms with Gasteiger partial charge in [0.25, 0.3) is 5.91 Å². The van der Waals surface area contributed by atoms with Gasteiger partial charge in [0, 0.05) is 22.5 Å². The number of hydrogen-bond donors (Lipinski definition) is 1. The Morgan fingerprint density at radius 3 is 2.34 bits per heavy atom. The average Bonchev–Trinajstić information content (AvgIpc) is 2.61. The van der Waals surface area contributed by atoms with Gasteiger partial charge in [0.15, 0.2) is 6.61 Å². The molecule has 5 nitrogen and oxygen atoms in total. The molecule has 11 heteroatoms. The van der Waals surface area contributed by atoms with Gasteiger partial charge in [-0.1, -0.05) is 34.8 Å². The normalized spacial score (nSPS) is 11.5. The summed E-state index contributed by atoms with van der Waals surface area (Å²) in [5.41, 5.74) is -2.48. The first-order valence-corrected chi connectivity index (χ1v) is 8.90. The number of hydrogen-bond acceptors (Lipinski definition) is 4. The zero-order valence-electron chi connectivity index (χ0n) is 14.1. The molecule has 0 saturated heterocycles. The van der Waals surface area contributed by atoms with Crippen molar-refractivity contribution in [1.82, 2.24) is 0 Å². The molecule has 152 valence electrons. The first kappa shape index (κ1) is 21.3. The molecule has 0 spiro atoms. The summed E-state index contributed by atoms with van der Waals surface area (Å²) in [5.74, 6) is -0.620. The SMILES string of the molecule is O=C(COc1ccc2c(C(F)(F)F)cc(=O)oc2c1)Nc1c(Cl)cc(Cl)cc1Cl. The second-order valence-electron chi connectivity index (χ2n) is 5.72. The van der Waals surface area contributed by atoms with E-state index in [2.05, 4.69) is 5.32 Å². The predicted octanol–water partition coefficient (Wildman–Crippen LogP) is 5.79. The van der Waals surface area contributed by atoms with Gasteiger partial charge in [0.2, 0.25) is 0 Å². The highest BCUT2D eigenvalue weighted by atomic mass is 35.5. The molecule has 0 saturated carbocycles. The van der Waals surface area contributed by atoms with E-state index in [1.165, 1.54) is 18.2 Å². The van der Waals surface area contributed by atoms with Crippen LogP contribution in [0.1, 0.15) is 5.56 Å². The van der Waals surface area contributed by atoms with Crippen molar-refractivity contribution in [3.8, 4) is 5.75 Å². The lowest BCUT2D eigenvalue weighted by Gasteiger charge is -2.12. The van der Waals surface area contributed by atoms with Gasteiger partial charge in [-0.3, -0.25) is 4.79 Å². The molecule has 1 aromatic heterocycles. The highest BCUT2D eigenvalue weighted by Crippen LogP contribution is 2.35. The molecule has 3 aromatic rings. The second kappa shape index (κ2) is 8.14. The molecule has 0 unspecified atom stereocenters. The van der Waals surface area contributed by atoms with E-state index in [4.69, 9.17) is 44.0 Å². The number of ether oxygens (including phenoxy) is 1. The van der Waals surface area contributed by atoms with Gasteiger partial charge in [-0.05, 0) is 24.3 Å². The van der Waals surface area contributed by atoms with Gasteiger partial charge in [-0.15, -0.1) is 0 Å². The van der Waals surface area contributed by atoms with Gasteiger partial charge >= 0.3 is 11.8 Å². The fourth-order valence-electron chi connectivity index (χ4n) is 2.45. The number of nitrogens with one attached hydrogen (secondary N) is 1. The van der Waals surface area contributed by atoms with E-state index in [1.54, 1.807) is 0 Å². The Bertz CT molecular complexity index is 1140. The van der Waals surface area contributed by atoms with Gasteiger partial charge < -0.3 is 14.5 Å². The molecule has 0 radical (unpaired) electrons. The first-order valence-electron chi connectivity index (χ1n) is 7.77. The molecule has 1 N–H and O–H groups in total. The number of rotatable bonds is 4. The number of amides is 1. The number of halogens is 6. The van der Waals surface area contributed by atoms with Crippen LogP contribution in [0.2, 0.25) is 15.1 Å². The fraction of sp³-hybridized carbons (Fsp3) is 0.111. The second-order valence-corrected chi connectivity index (χ2v) is 6.97. The average molecular weight is 467 g/mol. The highest BCUT2D eigenvalue weighted by Gasteiger charge is 2.33. The highest BCUT2D eigenvalue weighted by molar-refractivity contribution is 6.42. The smallest absolute Gasteiger partial charge is 0.417 e. The predicted molar refractivity (Wildman–Crippen MR) is 103 cm³/mol. The molecule has 0 aliphatic heterocycles. The summed E-state index contributed by atoms with van der Waals surface area (Å²) in [7, 11) is 0. The van der Waals surface area contributed by atoms with Crippen molar-refractivity contribution in [1.29, 1.82) is 0 Å². The summed E-state index contributed by atoms with van der Waals surface area (Å²) >= 11 is 17.7. The van der Waals surface area contributed by atoms with E-state index < -0.39 is 29.9 Å². The summed E-state index contributed by atoms with van der Waals surface area (Å²) in [6, 6.07) is 6.52. The van der Waals surface area contributed by atoms with E-state index in [9.17, 15) is 22.8 Å². The van der Waals surface area contributed by atoms with Gasteiger partial charge in [0.05, 0.1) is 21.3 Å². The Labute approximate surface area is 175 Å². The van der Waals surface area contributed by atoms with Crippen LogP contribution in [0, 0.1) is 0 Å². The minimum atomic E-state index is -4.73. The van der Waals surface area contributed by atoms with Crippen molar-refractivity contribution in [2.75, 3.05) is 11.9 Å². The van der Waals surface area contributed by atoms with Crippen molar-refractivity contribution >= 4 is 57.4 Å². The quantitative estimate of drug-likeness (QED) is 0.494. The lowest BCUT2D eigenvalue weighted by atomic mass is 10.1. The molecule has 2 aromatic carbocycles. The van der Waals surface area contributed by atoms with Crippen LogP contribution in [0.4, 0.5) is 18.9 Å². The Balaban J connectivity index is 1.77. The number of carbonyl (C=O) groups excluding carboxylic acids is 1. The zero-order chi connectivity index (χ0) is 21.3. The van der Waals surface area contributed by atoms with Gasteiger partial charge in [-0.25, -0.2) is 4.79 Å². The zero-order valence-corrected chi connectivity index (χ0v) is 16.3. The van der Waals surface area contributed by atoms with Crippen molar-refractivity contribution in [2.45, 2.75) is 6.18 Å². The van der Waals surface area contributed by atoms with Crippen molar-refractivity contribution < 1.29 is 27.1 Å². The summed E-state index contributed by atoms with van der Waals surface area (Å²) in [5, 5.41) is 2.64. The molecule has 0 bridgehead atoms.